The van der Waals surface area contributed by atoms with Crippen LogP contribution >= 0.6 is 11.3 Å². The molecule has 1 unspecified atom stereocenters. The molecular formula is C21H21N3O2S. The van der Waals surface area contributed by atoms with Crippen LogP contribution in [0.4, 0.5) is 0 Å². The zero-order valence-corrected chi connectivity index (χ0v) is 15.8. The monoisotopic (exact) mass is 379 g/mol. The summed E-state index contributed by atoms with van der Waals surface area (Å²) in [5.74, 6) is 0.439. The Morgan fingerprint density at radius 3 is 3.07 bits per heavy atom. The first-order chi connectivity index (χ1) is 13.3. The van der Waals surface area contributed by atoms with Gasteiger partial charge in [0.15, 0.2) is 6.61 Å². The minimum absolute atomic E-state index is 0.0185. The Morgan fingerprint density at radius 1 is 1.19 bits per heavy atom. The number of benzene rings is 1. The maximum absolute atomic E-state index is 12.5. The number of carbonyl (C=O) groups excluding carboxylic acids is 1. The highest BCUT2D eigenvalue weighted by atomic mass is 32.1. The second kappa shape index (κ2) is 6.93. The number of ether oxygens (including phenoxy) is 1. The summed E-state index contributed by atoms with van der Waals surface area (Å²) in [4.78, 5) is 23.6. The van der Waals surface area contributed by atoms with Gasteiger partial charge in [-0.15, -0.1) is 11.3 Å². The second-order valence-electron chi connectivity index (χ2n) is 7.22. The molecule has 1 aromatic carbocycles. The van der Waals surface area contributed by atoms with Crippen molar-refractivity contribution in [1.29, 1.82) is 0 Å². The molecule has 1 atom stereocenters. The number of carbonyl (C=O) groups is 1. The number of rotatable bonds is 4. The predicted molar refractivity (Wildman–Crippen MR) is 105 cm³/mol. The molecule has 2 aliphatic carbocycles. The molecule has 0 saturated carbocycles. The topological polar surface area (TPSA) is 64.1 Å². The summed E-state index contributed by atoms with van der Waals surface area (Å²) in [6.07, 6.45) is 8.00. The van der Waals surface area contributed by atoms with Crippen LogP contribution in [0.5, 0.6) is 5.88 Å². The van der Waals surface area contributed by atoms with Crippen LogP contribution in [0.2, 0.25) is 0 Å². The second-order valence-corrected chi connectivity index (χ2v) is 8.30. The third-order valence-electron chi connectivity index (χ3n) is 5.51. The molecule has 1 amide bonds. The van der Waals surface area contributed by atoms with Gasteiger partial charge in [0.25, 0.3) is 5.91 Å². The fourth-order valence-electron chi connectivity index (χ4n) is 4.28. The molecule has 2 aromatic heterocycles. The van der Waals surface area contributed by atoms with Crippen molar-refractivity contribution in [3.05, 3.63) is 52.2 Å². The van der Waals surface area contributed by atoms with Crippen LogP contribution in [-0.4, -0.2) is 22.5 Å². The first kappa shape index (κ1) is 16.7. The molecule has 2 heterocycles. The van der Waals surface area contributed by atoms with E-state index in [1.165, 1.54) is 34.3 Å². The molecule has 138 valence electrons. The van der Waals surface area contributed by atoms with Gasteiger partial charge < -0.3 is 10.1 Å². The molecule has 0 saturated heterocycles. The van der Waals surface area contributed by atoms with E-state index >= 15 is 0 Å². The zero-order chi connectivity index (χ0) is 18.2. The standard InChI is InChI=1S/C21H21N3O2S/c25-18(24-16-9-3-6-13-5-1-2-7-14(13)16)11-26-20-19-15-8-4-10-17(15)27-21(19)23-12-22-20/h1-2,5,7,12,16H,3-4,6,8-11H2,(H,24,25). The molecule has 5 nitrogen and oxygen atoms in total. The van der Waals surface area contributed by atoms with Gasteiger partial charge in [-0.05, 0) is 55.2 Å². The van der Waals surface area contributed by atoms with E-state index in [1.807, 2.05) is 6.07 Å². The number of hydrogen-bond acceptors (Lipinski definition) is 5. The first-order valence-corrected chi connectivity index (χ1v) is 10.4. The van der Waals surface area contributed by atoms with E-state index in [9.17, 15) is 4.79 Å². The number of fused-ring (bicyclic) bond motifs is 4. The summed E-state index contributed by atoms with van der Waals surface area (Å²) in [5, 5.41) is 4.14. The highest BCUT2D eigenvalue weighted by Crippen LogP contribution is 2.39. The van der Waals surface area contributed by atoms with E-state index in [0.29, 0.717) is 5.88 Å². The van der Waals surface area contributed by atoms with Crippen molar-refractivity contribution in [1.82, 2.24) is 15.3 Å². The molecule has 3 aromatic rings. The third kappa shape index (κ3) is 3.08. The Balaban J connectivity index is 1.30. The average molecular weight is 379 g/mol. The van der Waals surface area contributed by atoms with E-state index < -0.39 is 0 Å². The number of aromatic nitrogens is 2. The first-order valence-electron chi connectivity index (χ1n) is 9.55. The van der Waals surface area contributed by atoms with Crippen LogP contribution in [-0.2, 0) is 24.1 Å². The van der Waals surface area contributed by atoms with Crippen molar-refractivity contribution in [3.8, 4) is 5.88 Å². The van der Waals surface area contributed by atoms with Gasteiger partial charge in [0.2, 0.25) is 5.88 Å². The molecule has 6 heteroatoms. The highest BCUT2D eigenvalue weighted by Gasteiger charge is 2.24. The fraction of sp³-hybridized carbons (Fsp3) is 0.381. The lowest BCUT2D eigenvalue weighted by molar-refractivity contribution is -0.124. The van der Waals surface area contributed by atoms with E-state index in [2.05, 4.69) is 33.5 Å². The Labute approximate surface area is 161 Å². The van der Waals surface area contributed by atoms with Gasteiger partial charge in [-0.2, -0.15) is 0 Å². The molecule has 27 heavy (non-hydrogen) atoms. The van der Waals surface area contributed by atoms with Gasteiger partial charge in [-0.25, -0.2) is 9.97 Å². The Hall–Kier alpha value is -2.47. The van der Waals surface area contributed by atoms with E-state index in [0.717, 1.165) is 42.3 Å². The SMILES string of the molecule is O=C(COc1ncnc2sc3c(c12)CCC3)NC1CCCc2ccccc21. The Morgan fingerprint density at radius 2 is 2.11 bits per heavy atom. The lowest BCUT2D eigenvalue weighted by Crippen LogP contribution is -2.34. The van der Waals surface area contributed by atoms with Crippen molar-refractivity contribution in [2.45, 2.75) is 44.6 Å². The van der Waals surface area contributed by atoms with Gasteiger partial charge in [0, 0.05) is 4.88 Å². The van der Waals surface area contributed by atoms with Gasteiger partial charge in [0.1, 0.15) is 11.2 Å². The normalized spacial score (nSPS) is 18.1. The molecule has 2 aliphatic rings. The van der Waals surface area contributed by atoms with Gasteiger partial charge >= 0.3 is 0 Å². The Kier molecular flexibility index (Phi) is 4.28. The molecule has 0 spiro atoms. The largest absolute Gasteiger partial charge is 0.467 e. The van der Waals surface area contributed by atoms with Crippen LogP contribution in [0.1, 0.15) is 46.9 Å². The minimum Gasteiger partial charge on any atom is -0.467 e. The maximum atomic E-state index is 12.5. The molecule has 5 rings (SSSR count). The van der Waals surface area contributed by atoms with Crippen molar-refractivity contribution >= 4 is 27.5 Å². The lowest BCUT2D eigenvalue weighted by Gasteiger charge is -2.26. The van der Waals surface area contributed by atoms with Crippen LogP contribution < -0.4 is 10.1 Å². The summed E-state index contributed by atoms with van der Waals surface area (Å²) in [6, 6.07) is 8.43. The number of hydrogen-bond donors (Lipinski definition) is 1. The highest BCUT2D eigenvalue weighted by molar-refractivity contribution is 7.18. The summed E-state index contributed by atoms with van der Waals surface area (Å²) < 4.78 is 5.84. The number of nitrogens with zero attached hydrogens (tertiary/aromatic N) is 2. The van der Waals surface area contributed by atoms with Gasteiger partial charge in [-0.1, -0.05) is 24.3 Å². The van der Waals surface area contributed by atoms with Crippen LogP contribution in [0.25, 0.3) is 10.2 Å². The van der Waals surface area contributed by atoms with E-state index in [4.69, 9.17) is 4.74 Å². The summed E-state index contributed by atoms with van der Waals surface area (Å²) in [7, 11) is 0. The number of amides is 1. The number of aryl methyl sites for hydroxylation is 3. The molecule has 0 fully saturated rings. The maximum Gasteiger partial charge on any atom is 0.258 e. The van der Waals surface area contributed by atoms with E-state index in [1.54, 1.807) is 11.3 Å². The molecule has 1 N–H and O–H groups in total. The fourth-order valence-corrected chi connectivity index (χ4v) is 5.50. The van der Waals surface area contributed by atoms with Gasteiger partial charge in [0.05, 0.1) is 11.4 Å². The lowest BCUT2D eigenvalue weighted by atomic mass is 9.88. The number of nitrogens with one attached hydrogen (secondary N) is 1. The zero-order valence-electron chi connectivity index (χ0n) is 15.0. The number of thiophene rings is 1. The van der Waals surface area contributed by atoms with E-state index in [-0.39, 0.29) is 18.6 Å². The smallest absolute Gasteiger partial charge is 0.258 e. The van der Waals surface area contributed by atoms with Crippen LogP contribution in [0, 0.1) is 0 Å². The molecule has 0 bridgehead atoms. The van der Waals surface area contributed by atoms with Gasteiger partial charge in [-0.3, -0.25) is 4.79 Å². The minimum atomic E-state index is -0.102. The third-order valence-corrected chi connectivity index (χ3v) is 6.71. The van der Waals surface area contributed by atoms with Crippen molar-refractivity contribution < 1.29 is 9.53 Å². The average Bonchev–Trinajstić information content (AvgIpc) is 3.28. The molecule has 0 radical (unpaired) electrons. The molecule has 0 aliphatic heterocycles. The predicted octanol–water partition coefficient (Wildman–Crippen LogP) is 3.75. The Bertz CT molecular complexity index is 1010. The summed E-state index contributed by atoms with van der Waals surface area (Å²) >= 11 is 1.72. The van der Waals surface area contributed by atoms with Crippen LogP contribution in [0.3, 0.4) is 0 Å². The van der Waals surface area contributed by atoms with Crippen molar-refractivity contribution in [2.24, 2.45) is 0 Å². The summed E-state index contributed by atoms with van der Waals surface area (Å²) in [6.45, 7) is -0.0185. The quantitative estimate of drug-likeness (QED) is 0.750. The van der Waals surface area contributed by atoms with Crippen molar-refractivity contribution in [2.75, 3.05) is 6.61 Å². The van der Waals surface area contributed by atoms with Crippen LogP contribution in [0.15, 0.2) is 30.6 Å². The van der Waals surface area contributed by atoms with Crippen molar-refractivity contribution in [3.63, 3.8) is 0 Å². The molecular weight excluding hydrogens is 358 g/mol. The summed E-state index contributed by atoms with van der Waals surface area (Å²) in [5.41, 5.74) is 3.88.